The maximum Gasteiger partial charge on any atom is 0.169 e. The molecule has 0 aromatic heterocycles. The Labute approximate surface area is 205 Å². The van der Waals surface area contributed by atoms with Gasteiger partial charge in [0.25, 0.3) is 0 Å². The Morgan fingerprint density at radius 2 is 1.76 bits per heavy atom. The van der Waals surface area contributed by atoms with Crippen molar-refractivity contribution in [1.82, 2.24) is 5.32 Å². The molecule has 0 saturated heterocycles. The van der Waals surface area contributed by atoms with Crippen molar-refractivity contribution in [2.45, 2.75) is 108 Å². The van der Waals surface area contributed by atoms with Gasteiger partial charge in [-0.2, -0.15) is 0 Å². The quantitative estimate of drug-likeness (QED) is 0.260. The molecular weight excluding hydrogens is 436 g/mol. The predicted octanol–water partition coefficient (Wildman–Crippen LogP) is 4.57. The zero-order valence-electron chi connectivity index (χ0n) is 20.2. The van der Waals surface area contributed by atoms with Crippen molar-refractivity contribution in [2.75, 3.05) is 6.61 Å². The van der Waals surface area contributed by atoms with Crippen molar-refractivity contribution in [3.63, 3.8) is 0 Å². The second-order valence-corrected chi connectivity index (χ2v) is 10.9. The van der Waals surface area contributed by atoms with Crippen molar-refractivity contribution >= 4 is 11.6 Å². The first-order chi connectivity index (χ1) is 16.0. The van der Waals surface area contributed by atoms with Crippen LogP contribution in [-0.4, -0.2) is 46.8 Å². The number of alkyl halides is 1. The molecule has 0 bridgehead atoms. The molecule has 3 rings (SSSR count). The lowest BCUT2D eigenvalue weighted by Gasteiger charge is -2.39. The number of aliphatic hydroxyl groups excluding tert-OH is 2. The summed E-state index contributed by atoms with van der Waals surface area (Å²) in [6, 6.07) is 9.71. The molecule has 2 aliphatic carbocycles. The summed E-state index contributed by atoms with van der Waals surface area (Å²) in [5.74, 6) is 2.14. The number of aliphatic hydroxyl groups is 2. The standard InChI is InChI=1S/C27H45ClN2O3/c1-2-33-27(32)24(16-13-19-7-4-3-5-8-19)30-25(26(29)31)17-20-11-14-21(15-12-20)22-9-6-10-23(28)18-22/h3-5,7-8,20-27,30-32H,2,6,9-18,29H2,1H3/t20?,21?,22?,23?,24-,25-,26?,27?/m0/s1. The van der Waals surface area contributed by atoms with Crippen molar-refractivity contribution in [2.24, 2.45) is 23.5 Å². The number of rotatable bonds is 12. The fourth-order valence-electron chi connectivity index (χ4n) is 5.99. The molecule has 33 heavy (non-hydrogen) atoms. The van der Waals surface area contributed by atoms with Crippen LogP contribution in [0, 0.1) is 17.8 Å². The van der Waals surface area contributed by atoms with Crippen LogP contribution in [0.2, 0.25) is 0 Å². The Morgan fingerprint density at radius 1 is 1.03 bits per heavy atom. The summed E-state index contributed by atoms with van der Waals surface area (Å²) in [6.45, 7) is 2.32. The second kappa shape index (κ2) is 14.0. The molecule has 1 aromatic carbocycles. The number of ether oxygens (including phenoxy) is 1. The fourth-order valence-corrected chi connectivity index (χ4v) is 6.37. The lowest BCUT2D eigenvalue weighted by atomic mass is 9.70. The highest BCUT2D eigenvalue weighted by Gasteiger charge is 2.33. The first kappa shape index (κ1) is 26.9. The first-order valence-electron chi connectivity index (χ1n) is 13.1. The van der Waals surface area contributed by atoms with Crippen LogP contribution in [0.5, 0.6) is 0 Å². The van der Waals surface area contributed by atoms with Crippen LogP contribution < -0.4 is 11.1 Å². The minimum Gasteiger partial charge on any atom is -0.377 e. The SMILES string of the molecule is CCOC(O)[C@H](CCc1ccccc1)N[C@@H](CC1CCC(C2CCCC(Cl)C2)CC1)C(N)O. The normalized spacial score (nSPS) is 29.8. The number of nitrogens with one attached hydrogen (secondary N) is 1. The molecule has 0 heterocycles. The molecule has 0 amide bonds. The molecule has 4 unspecified atom stereocenters. The molecule has 6 heteroatoms. The molecule has 0 aliphatic heterocycles. The summed E-state index contributed by atoms with van der Waals surface area (Å²) in [5, 5.41) is 24.8. The summed E-state index contributed by atoms with van der Waals surface area (Å²) in [5.41, 5.74) is 7.22. The van der Waals surface area contributed by atoms with Gasteiger partial charge in [0.05, 0.1) is 6.04 Å². The smallest absolute Gasteiger partial charge is 0.169 e. The molecule has 2 fully saturated rings. The van der Waals surface area contributed by atoms with E-state index in [4.69, 9.17) is 22.1 Å². The van der Waals surface area contributed by atoms with E-state index in [2.05, 4.69) is 17.4 Å². The molecule has 6 atom stereocenters. The van der Waals surface area contributed by atoms with E-state index in [1.165, 1.54) is 56.9 Å². The third kappa shape index (κ3) is 8.79. The number of aryl methyl sites for hydroxylation is 1. The van der Waals surface area contributed by atoms with Crippen LogP contribution >= 0.6 is 11.6 Å². The van der Waals surface area contributed by atoms with E-state index in [0.717, 1.165) is 24.7 Å². The van der Waals surface area contributed by atoms with E-state index < -0.39 is 12.5 Å². The number of hydrogen-bond donors (Lipinski definition) is 4. The van der Waals surface area contributed by atoms with Gasteiger partial charge in [0.2, 0.25) is 0 Å². The van der Waals surface area contributed by atoms with Gasteiger partial charge in [0.15, 0.2) is 6.29 Å². The van der Waals surface area contributed by atoms with Crippen molar-refractivity contribution in [3.05, 3.63) is 35.9 Å². The molecule has 0 spiro atoms. The average Bonchev–Trinajstić information content (AvgIpc) is 2.82. The summed E-state index contributed by atoms with van der Waals surface area (Å²) in [7, 11) is 0. The Hall–Kier alpha value is -0.690. The minimum atomic E-state index is -0.967. The zero-order chi connectivity index (χ0) is 23.6. The molecule has 2 aliphatic rings. The first-order valence-corrected chi connectivity index (χ1v) is 13.6. The monoisotopic (exact) mass is 480 g/mol. The third-order valence-corrected chi connectivity index (χ3v) is 8.30. The predicted molar refractivity (Wildman–Crippen MR) is 135 cm³/mol. The molecule has 1 aromatic rings. The van der Waals surface area contributed by atoms with Gasteiger partial charge in [-0.1, -0.05) is 56.0 Å². The van der Waals surface area contributed by atoms with Crippen molar-refractivity contribution < 1.29 is 14.9 Å². The largest absolute Gasteiger partial charge is 0.377 e. The fraction of sp³-hybridized carbons (Fsp3) is 0.778. The van der Waals surface area contributed by atoms with E-state index >= 15 is 0 Å². The Kier molecular flexibility index (Phi) is 11.4. The summed E-state index contributed by atoms with van der Waals surface area (Å²) >= 11 is 6.44. The molecule has 5 nitrogen and oxygen atoms in total. The van der Waals surface area contributed by atoms with Gasteiger partial charge in [0, 0.05) is 18.0 Å². The number of hydrogen-bond acceptors (Lipinski definition) is 5. The van der Waals surface area contributed by atoms with Gasteiger partial charge in [-0.05, 0) is 75.2 Å². The molecule has 188 valence electrons. The van der Waals surface area contributed by atoms with Crippen LogP contribution in [0.1, 0.15) is 76.7 Å². The van der Waals surface area contributed by atoms with Crippen molar-refractivity contribution in [3.8, 4) is 0 Å². The lowest BCUT2D eigenvalue weighted by molar-refractivity contribution is -0.121. The topological polar surface area (TPSA) is 87.7 Å². The van der Waals surface area contributed by atoms with Gasteiger partial charge >= 0.3 is 0 Å². The van der Waals surface area contributed by atoms with E-state index in [1.54, 1.807) is 0 Å². The number of halogens is 1. The number of benzene rings is 1. The Balaban J connectivity index is 1.52. The second-order valence-electron chi connectivity index (χ2n) is 10.3. The summed E-state index contributed by atoms with van der Waals surface area (Å²) in [6.07, 6.45) is 10.3. The van der Waals surface area contributed by atoms with Gasteiger partial charge in [0.1, 0.15) is 6.23 Å². The maximum atomic E-state index is 10.6. The zero-order valence-corrected chi connectivity index (χ0v) is 21.0. The van der Waals surface area contributed by atoms with E-state index in [1.807, 2.05) is 25.1 Å². The van der Waals surface area contributed by atoms with Crippen LogP contribution in [0.15, 0.2) is 30.3 Å². The van der Waals surface area contributed by atoms with Gasteiger partial charge in [-0.15, -0.1) is 11.6 Å². The van der Waals surface area contributed by atoms with Crippen LogP contribution in [-0.2, 0) is 11.2 Å². The molecule has 5 N–H and O–H groups in total. The Morgan fingerprint density at radius 3 is 2.39 bits per heavy atom. The summed E-state index contributed by atoms with van der Waals surface area (Å²) < 4.78 is 5.51. The van der Waals surface area contributed by atoms with Gasteiger partial charge in [-0.25, -0.2) is 0 Å². The van der Waals surface area contributed by atoms with Gasteiger partial charge in [-0.3, -0.25) is 0 Å². The third-order valence-electron chi connectivity index (χ3n) is 7.91. The average molecular weight is 481 g/mol. The lowest BCUT2D eigenvalue weighted by Crippen LogP contribution is -2.54. The highest BCUT2D eigenvalue weighted by Crippen LogP contribution is 2.42. The maximum absolute atomic E-state index is 10.6. The van der Waals surface area contributed by atoms with Gasteiger partial charge < -0.3 is 26.0 Å². The van der Waals surface area contributed by atoms with Crippen LogP contribution in [0.3, 0.4) is 0 Å². The Bertz CT molecular complexity index is 654. The highest BCUT2D eigenvalue weighted by molar-refractivity contribution is 6.20. The minimum absolute atomic E-state index is 0.260. The van der Waals surface area contributed by atoms with Crippen molar-refractivity contribution in [1.29, 1.82) is 0 Å². The molecular formula is C27H45ClN2O3. The van der Waals surface area contributed by atoms with E-state index in [-0.39, 0.29) is 12.1 Å². The molecule has 0 radical (unpaired) electrons. The summed E-state index contributed by atoms with van der Waals surface area (Å²) in [4.78, 5) is 0. The van der Waals surface area contributed by atoms with E-state index in [0.29, 0.717) is 24.3 Å². The van der Waals surface area contributed by atoms with Crippen LogP contribution in [0.4, 0.5) is 0 Å². The number of nitrogens with two attached hydrogens (primary N) is 1. The highest BCUT2D eigenvalue weighted by atomic mass is 35.5. The van der Waals surface area contributed by atoms with E-state index in [9.17, 15) is 10.2 Å². The molecule has 2 saturated carbocycles. The van der Waals surface area contributed by atoms with Crippen LogP contribution in [0.25, 0.3) is 0 Å².